The minimum Gasteiger partial charge on any atom is -0.494 e. The number of rotatable bonds is 8. The molecule has 0 saturated heterocycles. The van der Waals surface area contributed by atoms with E-state index in [9.17, 15) is 9.59 Å². The highest BCUT2D eigenvalue weighted by Gasteiger charge is 2.18. The van der Waals surface area contributed by atoms with Gasteiger partial charge in [0.15, 0.2) is 0 Å². The van der Waals surface area contributed by atoms with Gasteiger partial charge in [0.1, 0.15) is 5.75 Å². The van der Waals surface area contributed by atoms with Crippen molar-refractivity contribution in [1.82, 2.24) is 0 Å². The fourth-order valence-electron chi connectivity index (χ4n) is 3.07. The van der Waals surface area contributed by atoms with Gasteiger partial charge in [-0.05, 0) is 67.6 Å². The normalized spacial score (nSPS) is 10.0. The summed E-state index contributed by atoms with van der Waals surface area (Å²) in [6.07, 6.45) is 0.207. The van der Waals surface area contributed by atoms with E-state index in [2.05, 4.69) is 16.7 Å². The number of hydrogen-bond acceptors (Lipinski definition) is 4. The second-order valence-electron chi connectivity index (χ2n) is 6.81. The van der Waals surface area contributed by atoms with Crippen molar-refractivity contribution >= 4 is 29.0 Å². The zero-order chi connectivity index (χ0) is 22.8. The lowest BCUT2D eigenvalue weighted by molar-refractivity contribution is 0.0987. The van der Waals surface area contributed by atoms with Gasteiger partial charge in [0.25, 0.3) is 5.91 Å². The number of carbonyl (C=O) groups excluding carboxylic acids is 2. The highest BCUT2D eigenvalue weighted by molar-refractivity contribution is 6.06. The molecule has 162 valence electrons. The largest absolute Gasteiger partial charge is 0.494 e. The molecule has 3 aromatic carbocycles. The molecule has 0 aliphatic carbocycles. The molecule has 3 rings (SSSR count). The number of benzene rings is 3. The van der Waals surface area contributed by atoms with E-state index < -0.39 is 0 Å². The minimum absolute atomic E-state index is 0.207. The Morgan fingerprint density at radius 1 is 0.906 bits per heavy atom. The Labute approximate surface area is 187 Å². The van der Waals surface area contributed by atoms with E-state index in [1.165, 1.54) is 0 Å². The van der Waals surface area contributed by atoms with Gasteiger partial charge in [0, 0.05) is 29.2 Å². The van der Waals surface area contributed by atoms with E-state index in [1.54, 1.807) is 65.6 Å². The number of urea groups is 1. The number of nitrogens with one attached hydrogen (secondary N) is 2. The van der Waals surface area contributed by atoms with Crippen molar-refractivity contribution in [2.45, 2.75) is 13.3 Å². The molecule has 0 atom stereocenters. The molecule has 7 nitrogen and oxygen atoms in total. The predicted octanol–water partition coefficient (Wildman–Crippen LogP) is 5.29. The third kappa shape index (κ3) is 6.09. The third-order valence-electron chi connectivity index (χ3n) is 4.57. The standard InChI is InChI=1S/C25H24N4O3/c1-2-32-23-15-13-22(14-16-23)29(18-6-17-26)24(30)19-9-11-21(12-10-19)28-25(31)27-20-7-4-3-5-8-20/h3-5,7-16H,2,6,18H2,1H3,(H2,27,28,31). The van der Waals surface area contributed by atoms with E-state index in [0.717, 1.165) is 0 Å². The summed E-state index contributed by atoms with van der Waals surface area (Å²) in [5.41, 5.74) is 2.36. The Morgan fingerprint density at radius 2 is 1.53 bits per heavy atom. The summed E-state index contributed by atoms with van der Waals surface area (Å²) >= 11 is 0. The SMILES string of the molecule is CCOc1ccc(N(CCC#N)C(=O)c2ccc(NC(=O)Nc3ccccc3)cc2)cc1. The van der Waals surface area contributed by atoms with Gasteiger partial charge in [-0.15, -0.1) is 0 Å². The van der Waals surface area contributed by atoms with Crippen LogP contribution in [0.1, 0.15) is 23.7 Å². The van der Waals surface area contributed by atoms with Crippen molar-refractivity contribution in [3.63, 3.8) is 0 Å². The topological polar surface area (TPSA) is 94.5 Å². The molecule has 0 bridgehead atoms. The number of carbonyl (C=O) groups is 2. The lowest BCUT2D eigenvalue weighted by Crippen LogP contribution is -2.31. The van der Waals surface area contributed by atoms with Crippen LogP contribution in [0.25, 0.3) is 0 Å². The summed E-state index contributed by atoms with van der Waals surface area (Å²) in [4.78, 5) is 26.8. The molecule has 0 aliphatic heterocycles. The van der Waals surface area contributed by atoms with Gasteiger partial charge in [-0.1, -0.05) is 18.2 Å². The third-order valence-corrected chi connectivity index (χ3v) is 4.57. The number of hydrogen-bond donors (Lipinski definition) is 2. The number of ether oxygens (including phenoxy) is 1. The Kier molecular flexibility index (Phi) is 7.82. The molecule has 0 unspecified atom stereocenters. The van der Waals surface area contributed by atoms with E-state index in [4.69, 9.17) is 10.00 Å². The number of nitrogens with zero attached hydrogens (tertiary/aromatic N) is 2. The van der Waals surface area contributed by atoms with Gasteiger partial charge < -0.3 is 20.3 Å². The van der Waals surface area contributed by atoms with Crippen LogP contribution in [0.4, 0.5) is 21.9 Å². The first-order chi connectivity index (χ1) is 15.6. The van der Waals surface area contributed by atoms with Gasteiger partial charge in [-0.3, -0.25) is 4.79 Å². The van der Waals surface area contributed by atoms with Gasteiger partial charge >= 0.3 is 6.03 Å². The molecule has 0 spiro atoms. The monoisotopic (exact) mass is 428 g/mol. The maximum Gasteiger partial charge on any atom is 0.323 e. The first-order valence-electron chi connectivity index (χ1n) is 10.3. The van der Waals surface area contributed by atoms with Crippen molar-refractivity contribution in [3.8, 4) is 11.8 Å². The molecule has 0 aliphatic rings. The van der Waals surface area contributed by atoms with Crippen LogP contribution < -0.4 is 20.3 Å². The summed E-state index contributed by atoms with van der Waals surface area (Å²) < 4.78 is 5.45. The van der Waals surface area contributed by atoms with Gasteiger partial charge in [-0.25, -0.2) is 4.79 Å². The molecule has 0 radical (unpaired) electrons. The Hall–Kier alpha value is -4.31. The fraction of sp³-hybridized carbons (Fsp3) is 0.160. The summed E-state index contributed by atoms with van der Waals surface area (Å²) in [5.74, 6) is 0.484. The van der Waals surface area contributed by atoms with Crippen LogP contribution >= 0.6 is 0 Å². The Balaban J connectivity index is 1.69. The Morgan fingerprint density at radius 3 is 2.12 bits per heavy atom. The van der Waals surface area contributed by atoms with Crippen LogP contribution in [-0.2, 0) is 0 Å². The van der Waals surface area contributed by atoms with Crippen molar-refractivity contribution in [1.29, 1.82) is 5.26 Å². The lowest BCUT2D eigenvalue weighted by atomic mass is 10.1. The molecule has 2 N–H and O–H groups in total. The second-order valence-corrected chi connectivity index (χ2v) is 6.81. The molecule has 3 aromatic rings. The molecule has 32 heavy (non-hydrogen) atoms. The lowest BCUT2D eigenvalue weighted by Gasteiger charge is -2.22. The predicted molar refractivity (Wildman–Crippen MR) is 125 cm³/mol. The first-order valence-corrected chi connectivity index (χ1v) is 10.3. The maximum absolute atomic E-state index is 13.1. The van der Waals surface area contributed by atoms with E-state index in [0.29, 0.717) is 35.0 Å². The molecule has 7 heteroatoms. The molecule has 3 amide bonds. The smallest absolute Gasteiger partial charge is 0.323 e. The van der Waals surface area contributed by atoms with Crippen LogP contribution in [0.5, 0.6) is 5.75 Å². The number of anilines is 3. The summed E-state index contributed by atoms with van der Waals surface area (Å²) in [5, 5.41) is 14.5. The first kappa shape index (κ1) is 22.4. The molecule has 0 heterocycles. The van der Waals surface area contributed by atoms with Gasteiger partial charge in [0.05, 0.1) is 19.1 Å². The minimum atomic E-state index is -0.375. The summed E-state index contributed by atoms with van der Waals surface area (Å²) in [7, 11) is 0. The van der Waals surface area contributed by atoms with E-state index in [1.807, 2.05) is 25.1 Å². The van der Waals surface area contributed by atoms with Crippen LogP contribution in [0.2, 0.25) is 0 Å². The van der Waals surface area contributed by atoms with Crippen molar-refractivity contribution in [3.05, 3.63) is 84.4 Å². The van der Waals surface area contributed by atoms with Crippen molar-refractivity contribution in [2.24, 2.45) is 0 Å². The average molecular weight is 428 g/mol. The zero-order valence-electron chi connectivity index (χ0n) is 17.7. The van der Waals surface area contributed by atoms with Crippen molar-refractivity contribution < 1.29 is 14.3 Å². The maximum atomic E-state index is 13.1. The van der Waals surface area contributed by atoms with Crippen LogP contribution in [-0.4, -0.2) is 25.1 Å². The van der Waals surface area contributed by atoms with Crippen molar-refractivity contribution in [2.75, 3.05) is 28.7 Å². The average Bonchev–Trinajstić information content (AvgIpc) is 2.81. The van der Waals surface area contributed by atoms with Crippen LogP contribution in [0.15, 0.2) is 78.9 Å². The van der Waals surface area contributed by atoms with Gasteiger partial charge in [-0.2, -0.15) is 5.26 Å². The zero-order valence-corrected chi connectivity index (χ0v) is 17.7. The van der Waals surface area contributed by atoms with Gasteiger partial charge in [0.2, 0.25) is 0 Å². The molecule has 0 aromatic heterocycles. The summed E-state index contributed by atoms with van der Waals surface area (Å²) in [6, 6.07) is 24.6. The molecular formula is C25H24N4O3. The Bertz CT molecular complexity index is 1070. The molecular weight excluding hydrogens is 404 g/mol. The summed E-state index contributed by atoms with van der Waals surface area (Å²) in [6.45, 7) is 2.73. The highest BCUT2D eigenvalue weighted by Crippen LogP contribution is 2.22. The number of nitriles is 1. The molecule has 0 fully saturated rings. The van der Waals surface area contributed by atoms with E-state index >= 15 is 0 Å². The van der Waals surface area contributed by atoms with Crippen LogP contribution in [0.3, 0.4) is 0 Å². The number of amides is 3. The quantitative estimate of drug-likeness (QED) is 0.510. The van der Waals surface area contributed by atoms with E-state index in [-0.39, 0.29) is 24.9 Å². The number of para-hydroxylation sites is 1. The second kappa shape index (κ2) is 11.2. The molecule has 0 saturated carbocycles. The van der Waals surface area contributed by atoms with Crippen LogP contribution in [0, 0.1) is 11.3 Å². The fourth-order valence-corrected chi connectivity index (χ4v) is 3.07. The highest BCUT2D eigenvalue weighted by atomic mass is 16.5.